The van der Waals surface area contributed by atoms with Crippen molar-refractivity contribution in [2.45, 2.75) is 37.2 Å². The van der Waals surface area contributed by atoms with Crippen LogP contribution < -0.4 is 10.0 Å². The van der Waals surface area contributed by atoms with E-state index in [1.807, 2.05) is 10.8 Å². The highest BCUT2D eigenvalue weighted by Crippen LogP contribution is 2.20. The highest BCUT2D eigenvalue weighted by Gasteiger charge is 2.16. The normalized spacial score (nSPS) is 12.2. The maximum Gasteiger partial charge on any atom is 0.250 e. The molecule has 0 saturated heterocycles. The van der Waals surface area contributed by atoms with Gasteiger partial charge in [-0.2, -0.15) is 0 Å². The van der Waals surface area contributed by atoms with E-state index in [9.17, 15) is 8.42 Å². The Hall–Kier alpha value is -0.800. The summed E-state index contributed by atoms with van der Waals surface area (Å²) in [6.07, 6.45) is 0. The van der Waals surface area contributed by atoms with Crippen LogP contribution in [0.4, 0.5) is 0 Å². The summed E-state index contributed by atoms with van der Waals surface area (Å²) in [6, 6.07) is 2.08. The molecule has 0 radical (unpaired) electrons. The number of rotatable bonds is 7. The van der Waals surface area contributed by atoms with Crippen LogP contribution in [0.25, 0.3) is 0 Å². The number of nitrogens with zero attached hydrogens (tertiary/aromatic N) is 1. The molecule has 8 heteroatoms. The van der Waals surface area contributed by atoms with Crippen LogP contribution in [0, 0.1) is 0 Å². The van der Waals surface area contributed by atoms with Gasteiger partial charge in [-0.3, -0.25) is 0 Å². The molecule has 2 heterocycles. The van der Waals surface area contributed by atoms with E-state index in [4.69, 9.17) is 0 Å². The topological polar surface area (TPSA) is 71.1 Å². The van der Waals surface area contributed by atoms with Gasteiger partial charge in [-0.1, -0.05) is 13.8 Å². The third kappa shape index (κ3) is 4.35. The van der Waals surface area contributed by atoms with Crippen LogP contribution in [0.3, 0.4) is 0 Å². The molecule has 0 unspecified atom stereocenters. The smallest absolute Gasteiger partial charge is 0.250 e. The molecule has 0 aliphatic rings. The number of thiophene rings is 1. The van der Waals surface area contributed by atoms with Crippen LogP contribution >= 0.6 is 22.7 Å². The van der Waals surface area contributed by atoms with Gasteiger partial charge in [0.2, 0.25) is 10.0 Å². The lowest BCUT2D eigenvalue weighted by molar-refractivity contribution is 0.581. The van der Waals surface area contributed by atoms with Crippen molar-refractivity contribution in [1.29, 1.82) is 0 Å². The molecule has 0 bridgehead atoms. The van der Waals surface area contributed by atoms with Gasteiger partial charge in [0.25, 0.3) is 0 Å². The Morgan fingerprint density at radius 2 is 2.10 bits per heavy atom. The van der Waals surface area contributed by atoms with Crippen molar-refractivity contribution in [2.75, 3.05) is 0 Å². The summed E-state index contributed by atoms with van der Waals surface area (Å²) in [6.45, 7) is 5.01. The fourth-order valence-electron chi connectivity index (χ4n) is 1.47. The van der Waals surface area contributed by atoms with Crippen molar-refractivity contribution in [3.8, 4) is 0 Å². The maximum absolute atomic E-state index is 12.1. The predicted octanol–water partition coefficient (Wildman–Crippen LogP) is 2.18. The van der Waals surface area contributed by atoms with Gasteiger partial charge in [0.1, 0.15) is 4.21 Å². The van der Waals surface area contributed by atoms with Crippen molar-refractivity contribution < 1.29 is 8.42 Å². The van der Waals surface area contributed by atoms with Gasteiger partial charge in [-0.15, -0.1) is 22.7 Å². The highest BCUT2D eigenvalue weighted by atomic mass is 32.2. The van der Waals surface area contributed by atoms with Crippen molar-refractivity contribution >= 4 is 32.7 Å². The Morgan fingerprint density at radius 3 is 2.75 bits per heavy atom. The van der Waals surface area contributed by atoms with E-state index >= 15 is 0 Å². The Kier molecular flexibility index (Phi) is 5.28. The van der Waals surface area contributed by atoms with Crippen molar-refractivity contribution in [3.05, 3.63) is 33.6 Å². The Labute approximate surface area is 127 Å². The number of thiazole rings is 1. The first-order chi connectivity index (χ1) is 9.47. The van der Waals surface area contributed by atoms with Gasteiger partial charge in [-0.25, -0.2) is 18.1 Å². The maximum atomic E-state index is 12.1. The van der Waals surface area contributed by atoms with E-state index in [2.05, 4.69) is 28.9 Å². The van der Waals surface area contributed by atoms with Crippen LogP contribution in [-0.2, 0) is 23.1 Å². The molecular weight excluding hydrogens is 314 g/mol. The summed E-state index contributed by atoms with van der Waals surface area (Å²) in [5.41, 5.74) is 3.40. The summed E-state index contributed by atoms with van der Waals surface area (Å²) >= 11 is 2.68. The molecule has 2 aromatic heterocycles. The third-order valence-electron chi connectivity index (χ3n) is 2.54. The molecule has 0 amide bonds. The average Bonchev–Trinajstić information content (AvgIpc) is 3.05. The molecule has 0 spiro atoms. The second-order valence-electron chi connectivity index (χ2n) is 4.61. The molecule has 0 aliphatic heterocycles. The van der Waals surface area contributed by atoms with Crippen LogP contribution in [0.5, 0.6) is 0 Å². The van der Waals surface area contributed by atoms with Crippen molar-refractivity contribution in [2.24, 2.45) is 0 Å². The molecule has 0 aromatic carbocycles. The van der Waals surface area contributed by atoms with Crippen LogP contribution in [0.15, 0.2) is 26.5 Å². The number of hydrogen-bond donors (Lipinski definition) is 2. The predicted molar refractivity (Wildman–Crippen MR) is 82.4 cm³/mol. The summed E-state index contributed by atoms with van der Waals surface area (Å²) in [7, 11) is -3.45. The minimum absolute atomic E-state index is 0.226. The molecule has 2 rings (SSSR count). The number of hydrogen-bond acceptors (Lipinski definition) is 6. The van der Waals surface area contributed by atoms with Gasteiger partial charge in [0.05, 0.1) is 17.7 Å². The van der Waals surface area contributed by atoms with E-state index in [0.29, 0.717) is 16.8 Å². The van der Waals surface area contributed by atoms with Crippen LogP contribution in [0.1, 0.15) is 25.1 Å². The van der Waals surface area contributed by atoms with E-state index in [-0.39, 0.29) is 6.54 Å². The zero-order chi connectivity index (χ0) is 14.6. The Bertz CT molecular complexity index is 633. The van der Waals surface area contributed by atoms with E-state index in [0.717, 1.165) is 11.3 Å². The SMILES string of the molecule is CC(C)NCc1csc(S(=O)(=O)NCc2cscn2)c1. The molecule has 0 aliphatic carbocycles. The lowest BCUT2D eigenvalue weighted by atomic mass is 10.3. The zero-order valence-electron chi connectivity index (χ0n) is 11.3. The van der Waals surface area contributed by atoms with Crippen molar-refractivity contribution in [3.63, 3.8) is 0 Å². The molecule has 5 nitrogen and oxygen atoms in total. The Morgan fingerprint density at radius 1 is 1.30 bits per heavy atom. The molecular formula is C12H17N3O2S3. The van der Waals surface area contributed by atoms with E-state index in [1.165, 1.54) is 22.7 Å². The van der Waals surface area contributed by atoms with Crippen molar-refractivity contribution in [1.82, 2.24) is 15.0 Å². The monoisotopic (exact) mass is 331 g/mol. The van der Waals surface area contributed by atoms with Gasteiger partial charge in [0.15, 0.2) is 0 Å². The van der Waals surface area contributed by atoms with Gasteiger partial charge < -0.3 is 5.32 Å². The van der Waals surface area contributed by atoms with E-state index < -0.39 is 10.0 Å². The first kappa shape index (κ1) is 15.6. The Balaban J connectivity index is 1.98. The lowest BCUT2D eigenvalue weighted by Gasteiger charge is -2.05. The minimum atomic E-state index is -3.45. The number of nitrogens with one attached hydrogen (secondary N) is 2. The van der Waals surface area contributed by atoms with Crippen LogP contribution in [0.2, 0.25) is 0 Å². The molecule has 0 atom stereocenters. The fourth-order valence-corrected chi connectivity index (χ4v) is 4.28. The molecule has 0 fully saturated rings. The molecule has 110 valence electrons. The molecule has 2 aromatic rings. The summed E-state index contributed by atoms with van der Waals surface area (Å²) < 4.78 is 27.2. The second-order valence-corrected chi connectivity index (χ2v) is 8.24. The van der Waals surface area contributed by atoms with Crippen LogP contribution in [-0.4, -0.2) is 19.4 Å². The average molecular weight is 331 g/mol. The molecule has 0 saturated carbocycles. The quantitative estimate of drug-likeness (QED) is 0.816. The molecule has 20 heavy (non-hydrogen) atoms. The summed E-state index contributed by atoms with van der Waals surface area (Å²) in [5.74, 6) is 0. The highest BCUT2D eigenvalue weighted by molar-refractivity contribution is 7.91. The number of aromatic nitrogens is 1. The lowest BCUT2D eigenvalue weighted by Crippen LogP contribution is -2.23. The summed E-state index contributed by atoms with van der Waals surface area (Å²) in [4.78, 5) is 4.05. The van der Waals surface area contributed by atoms with Gasteiger partial charge >= 0.3 is 0 Å². The van der Waals surface area contributed by atoms with Gasteiger partial charge in [0, 0.05) is 18.0 Å². The molecule has 2 N–H and O–H groups in total. The fraction of sp³-hybridized carbons (Fsp3) is 0.417. The zero-order valence-corrected chi connectivity index (χ0v) is 13.7. The first-order valence-corrected chi connectivity index (χ1v) is 9.45. The van der Waals surface area contributed by atoms with Gasteiger partial charge in [-0.05, 0) is 17.0 Å². The van der Waals surface area contributed by atoms with E-state index in [1.54, 1.807) is 11.6 Å². The minimum Gasteiger partial charge on any atom is -0.310 e. The number of sulfonamides is 1. The second kappa shape index (κ2) is 6.77. The first-order valence-electron chi connectivity index (χ1n) is 6.15. The standard InChI is InChI=1S/C12H17N3O2S3/c1-9(2)13-4-10-3-12(19-6-10)20(16,17)15-5-11-7-18-8-14-11/h3,6-9,13,15H,4-5H2,1-2H3. The third-order valence-corrected chi connectivity index (χ3v) is 6.06. The largest absolute Gasteiger partial charge is 0.310 e. The summed E-state index contributed by atoms with van der Waals surface area (Å²) in [5, 5.41) is 6.96.